The van der Waals surface area contributed by atoms with E-state index in [1.165, 1.54) is 27.6 Å². The summed E-state index contributed by atoms with van der Waals surface area (Å²) in [7, 11) is 0. The Hall–Kier alpha value is -5.19. The van der Waals surface area contributed by atoms with Crippen molar-refractivity contribution < 1.29 is 13.9 Å². The van der Waals surface area contributed by atoms with E-state index in [0.29, 0.717) is 22.8 Å². The molecule has 4 aromatic rings. The van der Waals surface area contributed by atoms with E-state index in [1.807, 2.05) is 25.7 Å². The van der Waals surface area contributed by atoms with Gasteiger partial charge in [0.1, 0.15) is 35.2 Å². The van der Waals surface area contributed by atoms with E-state index in [4.69, 9.17) is 9.72 Å². The van der Waals surface area contributed by atoms with Crippen molar-refractivity contribution in [2.24, 2.45) is 0 Å². The maximum Gasteiger partial charge on any atom is 0.356 e. The molecule has 0 aliphatic carbocycles. The summed E-state index contributed by atoms with van der Waals surface area (Å²) < 4.78 is 25.0. The van der Waals surface area contributed by atoms with E-state index in [-0.39, 0.29) is 73.1 Å². The average molecular weight is 585 g/mol. The number of fused-ring (bicyclic) bond motifs is 5. The number of nitrogens with zero attached hydrogens (tertiary/aromatic N) is 10. The smallest absolute Gasteiger partial charge is 0.356 e. The highest BCUT2D eigenvalue weighted by Gasteiger charge is 2.36. The van der Waals surface area contributed by atoms with Crippen LogP contribution in [0.15, 0.2) is 42.0 Å². The number of aromatic nitrogens is 7. The van der Waals surface area contributed by atoms with Crippen molar-refractivity contribution >= 4 is 22.8 Å². The van der Waals surface area contributed by atoms with Gasteiger partial charge in [-0.25, -0.2) is 23.4 Å². The molecule has 1 saturated heterocycles. The lowest BCUT2D eigenvalue weighted by molar-refractivity contribution is -0.129. The molecule has 220 valence electrons. The standard InChI is InChI=1S/C29H29FN10O3/c1-5-23(41)38-14-17(4)37(15-18(38)6-8-31)27-19-12-20(30)25-21-13-33-36-39(21)10-11-43-22-7-9-32-24(16(2)3)26(22)40(28(19)34-25)29(42)35-27/h5,7,9,12-13,16-18H,1,6,10-11,14-15H2,2-4H3. The second-order valence-corrected chi connectivity index (χ2v) is 10.8. The van der Waals surface area contributed by atoms with E-state index < -0.39 is 17.5 Å². The van der Waals surface area contributed by atoms with Gasteiger partial charge in [0.15, 0.2) is 11.5 Å². The fraction of sp³-hybridized carbons (Fsp3) is 0.379. The molecule has 2 unspecified atom stereocenters. The fourth-order valence-corrected chi connectivity index (χ4v) is 5.77. The summed E-state index contributed by atoms with van der Waals surface area (Å²) in [6, 6.07) is 4.29. The Morgan fingerprint density at radius 1 is 1.33 bits per heavy atom. The fourth-order valence-electron chi connectivity index (χ4n) is 5.77. The SMILES string of the molecule is C=CC(=O)N1CC(C)N(c2nc(=O)n3c4nc(c(F)cc24)-c2cnnn2CCOc2ccnc(C(C)C)c2-3)CC1CC#N. The van der Waals surface area contributed by atoms with Crippen LogP contribution in [0.2, 0.25) is 0 Å². The third-order valence-corrected chi connectivity index (χ3v) is 7.81. The van der Waals surface area contributed by atoms with Crippen molar-refractivity contribution in [3.05, 3.63) is 59.2 Å². The highest BCUT2D eigenvalue weighted by atomic mass is 19.1. The van der Waals surface area contributed by atoms with Gasteiger partial charge in [0.05, 0.1) is 42.4 Å². The van der Waals surface area contributed by atoms with Gasteiger partial charge in [-0.05, 0) is 25.0 Å². The summed E-state index contributed by atoms with van der Waals surface area (Å²) in [6.45, 7) is 10.2. The molecule has 43 heavy (non-hydrogen) atoms. The summed E-state index contributed by atoms with van der Waals surface area (Å²) in [5.74, 6) is -0.451. The van der Waals surface area contributed by atoms with Gasteiger partial charge in [0.2, 0.25) is 5.91 Å². The lowest BCUT2D eigenvalue weighted by Gasteiger charge is -2.45. The number of hydrogen-bond acceptors (Lipinski definition) is 10. The number of rotatable bonds is 4. The van der Waals surface area contributed by atoms with E-state index in [0.717, 1.165) is 0 Å². The maximum atomic E-state index is 16.0. The maximum absolute atomic E-state index is 16.0. The number of nitriles is 1. The lowest BCUT2D eigenvalue weighted by Crippen LogP contribution is -2.59. The topological polar surface area (TPSA) is 148 Å². The van der Waals surface area contributed by atoms with Gasteiger partial charge in [0, 0.05) is 31.4 Å². The molecular formula is C29H29FN10O3. The van der Waals surface area contributed by atoms with Gasteiger partial charge >= 0.3 is 5.69 Å². The molecule has 13 nitrogen and oxygen atoms in total. The molecule has 2 atom stereocenters. The Labute approximate surface area is 245 Å². The number of carbonyl (C=O) groups is 1. The summed E-state index contributed by atoms with van der Waals surface area (Å²) in [5, 5.41) is 17.8. The molecule has 0 aromatic carbocycles. The first-order valence-electron chi connectivity index (χ1n) is 13.9. The van der Waals surface area contributed by atoms with Crippen LogP contribution in [0, 0.1) is 17.1 Å². The number of piperazine rings is 1. The summed E-state index contributed by atoms with van der Waals surface area (Å²) >= 11 is 0. The molecular weight excluding hydrogens is 555 g/mol. The van der Waals surface area contributed by atoms with Gasteiger partial charge in [-0.1, -0.05) is 25.6 Å². The van der Waals surface area contributed by atoms with Crippen molar-refractivity contribution in [3.63, 3.8) is 0 Å². The molecule has 1 fully saturated rings. The Bertz CT molecular complexity index is 1860. The second-order valence-electron chi connectivity index (χ2n) is 10.8. The number of carbonyl (C=O) groups excluding carboxylic acids is 1. The van der Waals surface area contributed by atoms with Crippen molar-refractivity contribution in [1.29, 1.82) is 5.26 Å². The molecule has 6 heterocycles. The molecule has 0 radical (unpaired) electrons. The highest BCUT2D eigenvalue weighted by molar-refractivity contribution is 5.91. The number of amides is 1. The predicted octanol–water partition coefficient (Wildman–Crippen LogP) is 2.59. The summed E-state index contributed by atoms with van der Waals surface area (Å²) in [5.41, 5.74) is 0.749. The van der Waals surface area contributed by atoms with Crippen LogP contribution >= 0.6 is 0 Å². The number of halogens is 1. The van der Waals surface area contributed by atoms with Crippen LogP contribution < -0.4 is 15.3 Å². The van der Waals surface area contributed by atoms with Gasteiger partial charge in [-0.2, -0.15) is 10.2 Å². The van der Waals surface area contributed by atoms with Crippen LogP contribution in [0.25, 0.3) is 28.1 Å². The average Bonchev–Trinajstić information content (AvgIpc) is 3.44. The van der Waals surface area contributed by atoms with Crippen LogP contribution in [0.3, 0.4) is 0 Å². The number of anilines is 1. The zero-order valence-electron chi connectivity index (χ0n) is 23.9. The molecule has 4 aromatic heterocycles. The third-order valence-electron chi connectivity index (χ3n) is 7.81. The molecule has 0 saturated carbocycles. The number of ether oxygens (including phenoxy) is 1. The summed E-state index contributed by atoms with van der Waals surface area (Å²) in [6.07, 6.45) is 4.30. The van der Waals surface area contributed by atoms with E-state index >= 15 is 4.39 Å². The zero-order chi connectivity index (χ0) is 30.4. The molecule has 2 bridgehead atoms. The normalized spacial score (nSPS) is 18.0. The van der Waals surface area contributed by atoms with Crippen molar-refractivity contribution in [2.45, 2.75) is 51.7 Å². The minimum atomic E-state index is -0.660. The Morgan fingerprint density at radius 2 is 2.14 bits per heavy atom. The third kappa shape index (κ3) is 4.66. The quantitative estimate of drug-likeness (QED) is 0.328. The second kappa shape index (κ2) is 10.9. The zero-order valence-corrected chi connectivity index (χ0v) is 23.9. The van der Waals surface area contributed by atoms with Crippen LogP contribution in [0.4, 0.5) is 10.2 Å². The van der Waals surface area contributed by atoms with Gasteiger partial charge in [-0.3, -0.25) is 9.78 Å². The van der Waals surface area contributed by atoms with E-state index in [9.17, 15) is 14.9 Å². The highest BCUT2D eigenvalue weighted by Crippen LogP contribution is 2.36. The molecule has 6 rings (SSSR count). The largest absolute Gasteiger partial charge is 0.489 e. The molecule has 1 amide bonds. The minimum Gasteiger partial charge on any atom is -0.489 e. The molecule has 2 aliphatic rings. The van der Waals surface area contributed by atoms with Crippen LogP contribution in [-0.4, -0.2) is 77.1 Å². The first-order valence-corrected chi connectivity index (χ1v) is 13.9. The first-order chi connectivity index (χ1) is 20.7. The molecule has 0 N–H and O–H groups in total. The molecule has 14 heteroatoms. The van der Waals surface area contributed by atoms with Crippen LogP contribution in [0.5, 0.6) is 5.75 Å². The summed E-state index contributed by atoms with van der Waals surface area (Å²) in [4.78, 5) is 43.9. The van der Waals surface area contributed by atoms with Crippen molar-refractivity contribution in [3.8, 4) is 28.9 Å². The van der Waals surface area contributed by atoms with Gasteiger partial charge in [-0.15, -0.1) is 5.10 Å². The first kappa shape index (κ1) is 28.0. The van der Waals surface area contributed by atoms with E-state index in [1.54, 1.807) is 17.2 Å². The monoisotopic (exact) mass is 584 g/mol. The number of pyridine rings is 2. The number of hydrogen-bond donors (Lipinski definition) is 0. The molecule has 2 aliphatic heterocycles. The van der Waals surface area contributed by atoms with Gasteiger partial charge < -0.3 is 14.5 Å². The van der Waals surface area contributed by atoms with Crippen LogP contribution in [-0.2, 0) is 11.3 Å². The Morgan fingerprint density at radius 3 is 2.88 bits per heavy atom. The Kier molecular flexibility index (Phi) is 7.09. The van der Waals surface area contributed by atoms with Crippen molar-refractivity contribution in [1.82, 2.24) is 39.4 Å². The molecule has 0 spiro atoms. The minimum absolute atomic E-state index is 0.0296. The van der Waals surface area contributed by atoms with Crippen molar-refractivity contribution in [2.75, 3.05) is 24.6 Å². The van der Waals surface area contributed by atoms with E-state index in [2.05, 4.69) is 32.9 Å². The van der Waals surface area contributed by atoms with Crippen LogP contribution in [0.1, 0.15) is 38.8 Å². The lowest BCUT2D eigenvalue weighted by atomic mass is 10.0. The Balaban J connectivity index is 1.65. The van der Waals surface area contributed by atoms with Gasteiger partial charge in [0.25, 0.3) is 0 Å². The predicted molar refractivity (Wildman–Crippen MR) is 154 cm³/mol.